The molecule has 1 aliphatic carbocycles. The number of rotatable bonds is 4. The number of hydrogen-bond donors (Lipinski definition) is 0. The Kier molecular flexibility index (Phi) is 4.83. The van der Waals surface area contributed by atoms with E-state index in [1.807, 2.05) is 13.0 Å². The quantitative estimate of drug-likeness (QED) is 0.615. The van der Waals surface area contributed by atoms with E-state index in [-0.39, 0.29) is 35.5 Å². The summed E-state index contributed by atoms with van der Waals surface area (Å²) in [5.41, 5.74) is 0.850. The van der Waals surface area contributed by atoms with Crippen molar-refractivity contribution in [3.8, 4) is 11.6 Å². The van der Waals surface area contributed by atoms with Crippen LogP contribution in [0.3, 0.4) is 0 Å². The molecule has 0 aromatic carbocycles. The van der Waals surface area contributed by atoms with Crippen LogP contribution < -0.4 is 4.74 Å². The van der Waals surface area contributed by atoms with Gasteiger partial charge in [0.1, 0.15) is 6.10 Å². The fourth-order valence-corrected chi connectivity index (χ4v) is 4.46. The van der Waals surface area contributed by atoms with Crippen LogP contribution in [-0.4, -0.2) is 54.5 Å². The van der Waals surface area contributed by atoms with Gasteiger partial charge in [-0.05, 0) is 43.4 Å². The average molecular weight is 444 g/mol. The molecule has 0 unspecified atom stereocenters. The van der Waals surface area contributed by atoms with Gasteiger partial charge in [-0.3, -0.25) is 4.79 Å². The SMILES string of the molecule is Cc1cnc(C(=O)N2C[C@H]3C[C@@H](Oc4ccc(C(F)(F)F)cn4)[C@@H]2C3)c(-n2ccnn2)c1. The molecule has 3 atom stereocenters. The number of fused-ring (bicyclic) bond motifs is 2. The number of ether oxygens (including phenoxy) is 1. The first-order valence-electron chi connectivity index (χ1n) is 10.1. The topological polar surface area (TPSA) is 86.0 Å². The molecule has 8 nitrogen and oxygen atoms in total. The number of aryl methyl sites for hydroxylation is 1. The molecule has 0 N–H and O–H groups in total. The number of nitrogens with zero attached hydrogens (tertiary/aromatic N) is 6. The maximum atomic E-state index is 13.4. The van der Waals surface area contributed by atoms with Crippen LogP contribution in [0.2, 0.25) is 0 Å². The second-order valence-corrected chi connectivity index (χ2v) is 8.13. The van der Waals surface area contributed by atoms with Crippen LogP contribution in [0.1, 0.15) is 34.5 Å². The van der Waals surface area contributed by atoms with Crippen molar-refractivity contribution in [2.24, 2.45) is 5.92 Å². The van der Waals surface area contributed by atoms with E-state index in [1.54, 1.807) is 17.3 Å². The minimum absolute atomic E-state index is 0.111. The number of pyridine rings is 2. The zero-order chi connectivity index (χ0) is 22.5. The number of carbonyl (C=O) groups excluding carboxylic acids is 1. The molecule has 1 amide bonds. The van der Waals surface area contributed by atoms with Crippen LogP contribution in [0.5, 0.6) is 5.88 Å². The van der Waals surface area contributed by atoms with Crippen molar-refractivity contribution < 1.29 is 22.7 Å². The molecule has 2 aliphatic rings. The molecule has 1 saturated carbocycles. The van der Waals surface area contributed by atoms with Gasteiger partial charge in [0.2, 0.25) is 5.88 Å². The largest absolute Gasteiger partial charge is 0.472 e. The van der Waals surface area contributed by atoms with Crippen LogP contribution in [0, 0.1) is 12.8 Å². The fourth-order valence-electron chi connectivity index (χ4n) is 4.46. The molecule has 1 saturated heterocycles. The van der Waals surface area contributed by atoms with Crippen molar-refractivity contribution in [3.05, 3.63) is 59.8 Å². The van der Waals surface area contributed by atoms with E-state index in [0.717, 1.165) is 24.2 Å². The Morgan fingerprint density at radius 1 is 1.19 bits per heavy atom. The van der Waals surface area contributed by atoms with E-state index < -0.39 is 11.7 Å². The monoisotopic (exact) mass is 444 g/mol. The maximum Gasteiger partial charge on any atom is 0.417 e. The third-order valence-corrected chi connectivity index (χ3v) is 5.90. The summed E-state index contributed by atoms with van der Waals surface area (Å²) >= 11 is 0. The molecular weight excluding hydrogens is 425 g/mol. The Bertz CT molecular complexity index is 1130. The summed E-state index contributed by atoms with van der Waals surface area (Å²) in [5, 5.41) is 7.79. The standard InChI is InChI=1S/C21H19F3N6O2/c1-12-6-16(30-5-4-27-28-30)19(26-9-12)20(31)29-11-13-7-15(29)17(8-13)32-18-3-2-14(10-25-18)21(22,23)24/h2-6,9-10,13,15,17H,7-8,11H2,1H3/t13-,15+,17-/m1/s1. The fraction of sp³-hybridized carbons (Fsp3) is 0.381. The van der Waals surface area contributed by atoms with Crippen molar-refractivity contribution in [1.29, 1.82) is 0 Å². The number of piperidine rings is 1. The minimum Gasteiger partial charge on any atom is -0.472 e. The van der Waals surface area contributed by atoms with Crippen molar-refractivity contribution in [3.63, 3.8) is 0 Å². The van der Waals surface area contributed by atoms with Gasteiger partial charge in [-0.1, -0.05) is 5.21 Å². The van der Waals surface area contributed by atoms with Crippen molar-refractivity contribution in [1.82, 2.24) is 29.9 Å². The summed E-state index contributed by atoms with van der Waals surface area (Å²) in [6.45, 7) is 2.45. The molecule has 1 aliphatic heterocycles. The molecule has 0 spiro atoms. The Hall–Kier alpha value is -3.50. The number of likely N-dealkylation sites (tertiary alicyclic amines) is 1. The van der Waals surface area contributed by atoms with Crippen molar-refractivity contribution in [2.75, 3.05) is 6.54 Å². The molecule has 32 heavy (non-hydrogen) atoms. The van der Waals surface area contributed by atoms with Crippen LogP contribution in [0.4, 0.5) is 13.2 Å². The predicted octanol–water partition coefficient (Wildman–Crippen LogP) is 3.07. The molecule has 2 fully saturated rings. The zero-order valence-electron chi connectivity index (χ0n) is 17.0. The highest BCUT2D eigenvalue weighted by molar-refractivity contribution is 5.96. The predicted molar refractivity (Wildman–Crippen MR) is 105 cm³/mol. The number of hydrogen-bond acceptors (Lipinski definition) is 6. The zero-order valence-corrected chi connectivity index (χ0v) is 17.0. The van der Waals surface area contributed by atoms with Gasteiger partial charge in [-0.2, -0.15) is 13.2 Å². The van der Waals surface area contributed by atoms with Crippen LogP contribution in [0.25, 0.3) is 5.69 Å². The van der Waals surface area contributed by atoms with Crippen LogP contribution in [0.15, 0.2) is 43.0 Å². The number of alkyl halides is 3. The Morgan fingerprint density at radius 3 is 2.69 bits per heavy atom. The average Bonchev–Trinajstić information content (AvgIpc) is 3.50. The van der Waals surface area contributed by atoms with E-state index in [2.05, 4.69) is 20.3 Å². The molecule has 3 aromatic rings. The van der Waals surface area contributed by atoms with Crippen LogP contribution in [-0.2, 0) is 6.18 Å². The number of carbonyl (C=O) groups is 1. The van der Waals surface area contributed by atoms with Gasteiger partial charge < -0.3 is 9.64 Å². The number of halogens is 3. The van der Waals surface area contributed by atoms with Gasteiger partial charge in [0.25, 0.3) is 5.91 Å². The summed E-state index contributed by atoms with van der Waals surface area (Å²) in [6.07, 6.45) is 2.23. The van der Waals surface area contributed by atoms with Crippen molar-refractivity contribution in [2.45, 2.75) is 38.1 Å². The molecule has 0 radical (unpaired) electrons. The van der Waals surface area contributed by atoms with E-state index in [4.69, 9.17) is 4.74 Å². The summed E-state index contributed by atoms with van der Waals surface area (Å²) in [4.78, 5) is 23.3. The van der Waals surface area contributed by atoms with Gasteiger partial charge in [0.15, 0.2) is 5.69 Å². The smallest absolute Gasteiger partial charge is 0.417 e. The summed E-state index contributed by atoms with van der Waals surface area (Å²) in [7, 11) is 0. The van der Waals surface area contributed by atoms with E-state index in [0.29, 0.717) is 18.7 Å². The molecule has 5 rings (SSSR count). The molecule has 4 heterocycles. The van der Waals surface area contributed by atoms with E-state index in [9.17, 15) is 18.0 Å². The summed E-state index contributed by atoms with van der Waals surface area (Å²) < 4.78 is 45.7. The number of amides is 1. The normalized spacial score (nSPS) is 22.4. The second-order valence-electron chi connectivity index (χ2n) is 8.13. The lowest BCUT2D eigenvalue weighted by Crippen LogP contribution is -2.47. The third-order valence-electron chi connectivity index (χ3n) is 5.90. The highest BCUT2D eigenvalue weighted by Gasteiger charge is 2.49. The van der Waals surface area contributed by atoms with Crippen LogP contribution >= 0.6 is 0 Å². The second kappa shape index (κ2) is 7.57. The Morgan fingerprint density at radius 2 is 2.03 bits per heavy atom. The highest BCUT2D eigenvalue weighted by Crippen LogP contribution is 2.40. The molecule has 2 bridgehead atoms. The minimum atomic E-state index is -4.45. The summed E-state index contributed by atoms with van der Waals surface area (Å²) in [6, 6.07) is 3.77. The molecule has 3 aromatic heterocycles. The lowest BCUT2D eigenvalue weighted by molar-refractivity contribution is -0.137. The van der Waals surface area contributed by atoms with Gasteiger partial charge in [-0.25, -0.2) is 14.6 Å². The van der Waals surface area contributed by atoms with Gasteiger partial charge in [-0.15, -0.1) is 5.10 Å². The Balaban J connectivity index is 1.36. The van der Waals surface area contributed by atoms with Crippen molar-refractivity contribution >= 4 is 5.91 Å². The third kappa shape index (κ3) is 3.67. The van der Waals surface area contributed by atoms with E-state index in [1.165, 1.54) is 16.9 Å². The molecular formula is C21H19F3N6O2. The maximum absolute atomic E-state index is 13.4. The number of aromatic nitrogens is 5. The molecule has 166 valence electrons. The lowest BCUT2D eigenvalue weighted by Gasteiger charge is -2.33. The van der Waals surface area contributed by atoms with Gasteiger partial charge >= 0.3 is 6.18 Å². The summed E-state index contributed by atoms with van der Waals surface area (Å²) in [5.74, 6) is 0.125. The first-order valence-corrected chi connectivity index (χ1v) is 10.1. The first kappa shape index (κ1) is 20.4. The van der Waals surface area contributed by atoms with Gasteiger partial charge in [0.05, 0.1) is 29.7 Å². The molecule has 11 heteroatoms. The lowest BCUT2D eigenvalue weighted by atomic mass is 10.1. The van der Waals surface area contributed by atoms with E-state index >= 15 is 0 Å². The van der Waals surface area contributed by atoms with Gasteiger partial charge in [0, 0.05) is 25.0 Å². The first-order chi connectivity index (χ1) is 15.3. The Labute approximate surface area is 181 Å². The highest BCUT2D eigenvalue weighted by atomic mass is 19.4.